The van der Waals surface area contributed by atoms with Gasteiger partial charge >= 0.3 is 0 Å². The number of nitrogens with one attached hydrogen (secondary N) is 1. The molecule has 2 aromatic rings. The van der Waals surface area contributed by atoms with E-state index in [1.165, 1.54) is 4.90 Å². The Labute approximate surface area is 171 Å². The smallest absolute Gasteiger partial charge is 0.261 e. The third kappa shape index (κ3) is 5.73. The van der Waals surface area contributed by atoms with Gasteiger partial charge in [0.05, 0.1) is 0 Å². The van der Waals surface area contributed by atoms with Gasteiger partial charge in [0, 0.05) is 18.1 Å². The Morgan fingerprint density at radius 3 is 2.32 bits per heavy atom. The van der Waals surface area contributed by atoms with Gasteiger partial charge in [-0.3, -0.25) is 9.59 Å². The number of amides is 2. The summed E-state index contributed by atoms with van der Waals surface area (Å²) in [5.74, 6) is 0.135. The predicted octanol–water partition coefficient (Wildman–Crippen LogP) is 3.89. The average molecular weight is 403 g/mol. The van der Waals surface area contributed by atoms with Crippen molar-refractivity contribution in [1.29, 1.82) is 0 Å². The highest BCUT2D eigenvalue weighted by Crippen LogP contribution is 2.26. The Kier molecular flexibility index (Phi) is 7.88. The summed E-state index contributed by atoms with van der Waals surface area (Å²) in [6.07, 6.45) is 0. The van der Waals surface area contributed by atoms with Gasteiger partial charge in [-0.25, -0.2) is 0 Å². The van der Waals surface area contributed by atoms with Crippen molar-refractivity contribution < 1.29 is 14.3 Å². The lowest BCUT2D eigenvalue weighted by molar-refractivity contribution is -0.142. The average Bonchev–Trinajstić information content (AvgIpc) is 2.68. The number of carbonyl (C=O) groups excluding carboxylic acids is 2. The van der Waals surface area contributed by atoms with Crippen molar-refractivity contribution >= 4 is 23.4 Å². The van der Waals surface area contributed by atoms with Crippen LogP contribution in [0.15, 0.2) is 42.5 Å². The maximum atomic E-state index is 12.9. The molecule has 0 heterocycles. The number of aryl methyl sites for hydroxylation is 2. The van der Waals surface area contributed by atoms with Gasteiger partial charge in [0.15, 0.2) is 6.61 Å². The van der Waals surface area contributed by atoms with E-state index in [1.54, 1.807) is 19.1 Å². The van der Waals surface area contributed by atoms with E-state index in [2.05, 4.69) is 5.32 Å². The van der Waals surface area contributed by atoms with Crippen LogP contribution < -0.4 is 10.1 Å². The van der Waals surface area contributed by atoms with Crippen LogP contribution in [0.1, 0.15) is 30.5 Å². The van der Waals surface area contributed by atoms with E-state index in [-0.39, 0.29) is 18.4 Å². The quantitative estimate of drug-likeness (QED) is 0.728. The van der Waals surface area contributed by atoms with Crippen molar-refractivity contribution in [2.24, 2.45) is 0 Å². The summed E-state index contributed by atoms with van der Waals surface area (Å²) in [7, 11) is 0. The zero-order chi connectivity index (χ0) is 20.7. The van der Waals surface area contributed by atoms with E-state index in [9.17, 15) is 9.59 Å². The lowest BCUT2D eigenvalue weighted by Crippen LogP contribution is -2.49. The number of likely N-dealkylation sites (N-methyl/N-ethyl adjacent to an activating group) is 1. The Hall–Kier alpha value is -2.53. The molecule has 28 heavy (non-hydrogen) atoms. The van der Waals surface area contributed by atoms with Gasteiger partial charge in [-0.05, 0) is 56.5 Å². The second-order valence-electron chi connectivity index (χ2n) is 6.74. The minimum absolute atomic E-state index is 0.156. The molecular weight excluding hydrogens is 376 g/mol. The van der Waals surface area contributed by atoms with Crippen molar-refractivity contribution in [2.45, 2.75) is 40.3 Å². The molecule has 2 amide bonds. The second-order valence-corrected chi connectivity index (χ2v) is 7.12. The summed E-state index contributed by atoms with van der Waals surface area (Å²) in [6.45, 7) is 8.05. The van der Waals surface area contributed by atoms with E-state index in [0.29, 0.717) is 23.9 Å². The Bertz CT molecular complexity index is 801. The van der Waals surface area contributed by atoms with Crippen molar-refractivity contribution in [2.75, 3.05) is 13.2 Å². The summed E-state index contributed by atoms with van der Waals surface area (Å²) in [4.78, 5) is 26.8. The van der Waals surface area contributed by atoms with Crippen LogP contribution >= 0.6 is 11.6 Å². The van der Waals surface area contributed by atoms with Gasteiger partial charge in [0.1, 0.15) is 11.8 Å². The Morgan fingerprint density at radius 2 is 1.75 bits per heavy atom. The van der Waals surface area contributed by atoms with Crippen LogP contribution in [-0.2, 0) is 16.1 Å². The van der Waals surface area contributed by atoms with Gasteiger partial charge in [-0.15, -0.1) is 0 Å². The molecule has 1 atom stereocenters. The molecule has 1 N–H and O–H groups in total. The molecule has 0 saturated heterocycles. The van der Waals surface area contributed by atoms with E-state index in [4.69, 9.17) is 16.3 Å². The molecule has 0 aliphatic rings. The first-order valence-corrected chi connectivity index (χ1v) is 9.72. The van der Waals surface area contributed by atoms with Crippen LogP contribution in [0.4, 0.5) is 0 Å². The first-order chi connectivity index (χ1) is 13.3. The number of rotatable bonds is 8. The lowest BCUT2D eigenvalue weighted by atomic mass is 10.1. The van der Waals surface area contributed by atoms with Crippen LogP contribution in [0.2, 0.25) is 5.02 Å². The van der Waals surface area contributed by atoms with E-state index >= 15 is 0 Å². The fourth-order valence-electron chi connectivity index (χ4n) is 2.90. The lowest BCUT2D eigenvalue weighted by Gasteiger charge is -2.28. The third-order valence-electron chi connectivity index (χ3n) is 4.49. The number of hydrogen-bond donors (Lipinski definition) is 1. The Balaban J connectivity index is 2.14. The van der Waals surface area contributed by atoms with Crippen molar-refractivity contribution in [3.63, 3.8) is 0 Å². The SMILES string of the molecule is CCNC(=O)[C@H](C)N(Cc1ccccc1)C(=O)COc1cc(C)c(Cl)c(C)c1. The van der Waals surface area contributed by atoms with Crippen LogP contribution in [0.3, 0.4) is 0 Å². The zero-order valence-corrected chi connectivity index (χ0v) is 17.5. The first-order valence-electron chi connectivity index (χ1n) is 9.34. The number of ether oxygens (including phenoxy) is 1. The topological polar surface area (TPSA) is 58.6 Å². The summed E-state index contributed by atoms with van der Waals surface area (Å²) >= 11 is 6.18. The number of carbonyl (C=O) groups is 2. The monoisotopic (exact) mass is 402 g/mol. The van der Waals surface area contributed by atoms with Gasteiger partial charge in [-0.2, -0.15) is 0 Å². The van der Waals surface area contributed by atoms with Crippen LogP contribution in [-0.4, -0.2) is 35.9 Å². The molecule has 0 bridgehead atoms. The van der Waals surface area contributed by atoms with Crippen LogP contribution in [0.25, 0.3) is 0 Å². The molecule has 2 rings (SSSR count). The normalized spacial score (nSPS) is 11.6. The molecule has 0 aliphatic heterocycles. The highest BCUT2D eigenvalue weighted by Gasteiger charge is 2.26. The molecule has 2 aromatic carbocycles. The predicted molar refractivity (Wildman–Crippen MR) is 112 cm³/mol. The Morgan fingerprint density at radius 1 is 1.14 bits per heavy atom. The maximum Gasteiger partial charge on any atom is 0.261 e. The molecule has 0 aromatic heterocycles. The highest BCUT2D eigenvalue weighted by atomic mass is 35.5. The largest absolute Gasteiger partial charge is 0.484 e. The number of halogens is 1. The van der Waals surface area contributed by atoms with E-state index in [1.807, 2.05) is 51.1 Å². The molecule has 0 aliphatic carbocycles. The van der Waals surface area contributed by atoms with Crippen molar-refractivity contribution in [3.8, 4) is 5.75 Å². The van der Waals surface area contributed by atoms with Gasteiger partial charge in [0.2, 0.25) is 5.91 Å². The number of hydrogen-bond acceptors (Lipinski definition) is 3. The fraction of sp³-hybridized carbons (Fsp3) is 0.364. The van der Waals surface area contributed by atoms with Crippen molar-refractivity contribution in [1.82, 2.24) is 10.2 Å². The van der Waals surface area contributed by atoms with E-state index in [0.717, 1.165) is 16.7 Å². The first kappa shape index (κ1) is 21.8. The summed E-state index contributed by atoms with van der Waals surface area (Å²) in [6, 6.07) is 12.6. The third-order valence-corrected chi connectivity index (χ3v) is 5.08. The molecule has 0 spiro atoms. The molecule has 150 valence electrons. The summed E-state index contributed by atoms with van der Waals surface area (Å²) in [5, 5.41) is 3.46. The van der Waals surface area contributed by atoms with Gasteiger partial charge in [-0.1, -0.05) is 41.9 Å². The molecule has 6 heteroatoms. The number of nitrogens with zero attached hydrogens (tertiary/aromatic N) is 1. The second kappa shape index (κ2) is 10.1. The molecule has 0 radical (unpaired) electrons. The molecule has 0 unspecified atom stereocenters. The zero-order valence-electron chi connectivity index (χ0n) is 16.8. The minimum Gasteiger partial charge on any atom is -0.484 e. The van der Waals surface area contributed by atoms with E-state index < -0.39 is 6.04 Å². The summed E-state index contributed by atoms with van der Waals surface area (Å²) < 4.78 is 5.71. The highest BCUT2D eigenvalue weighted by molar-refractivity contribution is 6.32. The summed E-state index contributed by atoms with van der Waals surface area (Å²) in [5.41, 5.74) is 2.73. The van der Waals surface area contributed by atoms with Crippen LogP contribution in [0.5, 0.6) is 5.75 Å². The van der Waals surface area contributed by atoms with Crippen LogP contribution in [0, 0.1) is 13.8 Å². The number of benzene rings is 2. The minimum atomic E-state index is -0.607. The molecular formula is C22H27ClN2O3. The molecule has 0 saturated carbocycles. The molecule has 0 fully saturated rings. The van der Waals surface area contributed by atoms with Gasteiger partial charge < -0.3 is 15.0 Å². The van der Waals surface area contributed by atoms with Crippen molar-refractivity contribution in [3.05, 3.63) is 64.2 Å². The fourth-order valence-corrected chi connectivity index (χ4v) is 3.01. The molecule has 5 nitrogen and oxygen atoms in total. The van der Waals surface area contributed by atoms with Gasteiger partial charge in [0.25, 0.3) is 5.91 Å². The maximum absolute atomic E-state index is 12.9. The standard InChI is InChI=1S/C22H27ClN2O3/c1-5-24-22(27)17(4)25(13-18-9-7-6-8-10-18)20(26)14-28-19-11-15(2)21(23)16(3)12-19/h6-12,17H,5,13-14H2,1-4H3,(H,24,27)/t17-/m0/s1.